The molecule has 1 rings (SSSR count). The molecule has 0 unspecified atom stereocenters. The van der Waals surface area contributed by atoms with E-state index in [1.165, 1.54) is 0 Å². The van der Waals surface area contributed by atoms with E-state index in [1.54, 1.807) is 0 Å². The van der Waals surface area contributed by atoms with Crippen LogP contribution in [0.3, 0.4) is 0 Å². The molecule has 0 spiro atoms. The van der Waals surface area contributed by atoms with Crippen LogP contribution in [0.5, 0.6) is 0 Å². The molecule has 0 aliphatic heterocycles. The molecule has 0 aliphatic rings. The summed E-state index contributed by atoms with van der Waals surface area (Å²) in [5.41, 5.74) is 4.73. The van der Waals surface area contributed by atoms with E-state index in [0.29, 0.717) is 0 Å². The van der Waals surface area contributed by atoms with Gasteiger partial charge in [-0.25, -0.2) is 14.6 Å². The summed E-state index contributed by atoms with van der Waals surface area (Å²) >= 11 is 0. The number of hydrogen-bond donors (Lipinski definition) is 3. The Morgan fingerprint density at radius 3 is 2.23 bits per heavy atom. The molecule has 1 aromatic rings. The molecule has 0 atom stereocenters. The van der Waals surface area contributed by atoms with Crippen molar-refractivity contribution in [3.8, 4) is 0 Å². The average molecular weight is 182 g/mol. The van der Waals surface area contributed by atoms with E-state index < -0.39 is 11.9 Å². The molecule has 0 saturated carbocycles. The minimum atomic E-state index is -1.25. The lowest BCUT2D eigenvalue weighted by Crippen LogP contribution is -2.08. The van der Waals surface area contributed by atoms with Crippen LogP contribution in [0.25, 0.3) is 0 Å². The highest BCUT2D eigenvalue weighted by molar-refractivity contribution is 5.94. The molecular weight excluding hydrogens is 176 g/mol. The van der Waals surface area contributed by atoms with Gasteiger partial charge in [-0.1, -0.05) is 0 Å². The van der Waals surface area contributed by atoms with E-state index in [0.717, 1.165) is 12.1 Å². The van der Waals surface area contributed by atoms with Crippen molar-refractivity contribution < 1.29 is 19.8 Å². The van der Waals surface area contributed by atoms with Gasteiger partial charge < -0.3 is 15.9 Å². The number of anilines is 1. The van der Waals surface area contributed by atoms with Crippen LogP contribution in [-0.2, 0) is 0 Å². The SMILES string of the molecule is Nc1nc(C(=O)O)ccc1C(=O)O. The van der Waals surface area contributed by atoms with Gasteiger partial charge in [0.05, 0.1) is 0 Å². The zero-order valence-corrected chi connectivity index (χ0v) is 6.39. The van der Waals surface area contributed by atoms with Gasteiger partial charge in [0.25, 0.3) is 0 Å². The van der Waals surface area contributed by atoms with Gasteiger partial charge in [0, 0.05) is 0 Å². The van der Waals surface area contributed by atoms with Gasteiger partial charge in [0.15, 0.2) is 5.69 Å². The Hall–Kier alpha value is -2.11. The second-order valence-electron chi connectivity index (χ2n) is 2.24. The molecule has 0 bridgehead atoms. The maximum atomic E-state index is 10.4. The van der Waals surface area contributed by atoms with Crippen molar-refractivity contribution in [2.75, 3.05) is 5.73 Å². The third-order valence-corrected chi connectivity index (χ3v) is 1.37. The zero-order chi connectivity index (χ0) is 10.0. The maximum absolute atomic E-state index is 10.4. The van der Waals surface area contributed by atoms with Crippen LogP contribution in [0, 0.1) is 0 Å². The third-order valence-electron chi connectivity index (χ3n) is 1.37. The predicted octanol–water partition coefficient (Wildman–Crippen LogP) is 0.0602. The van der Waals surface area contributed by atoms with E-state index in [1.807, 2.05) is 0 Å². The third kappa shape index (κ3) is 1.73. The van der Waals surface area contributed by atoms with Gasteiger partial charge in [-0.15, -0.1) is 0 Å². The van der Waals surface area contributed by atoms with Gasteiger partial charge in [0.2, 0.25) is 0 Å². The molecule has 0 aliphatic carbocycles. The molecule has 1 aromatic heterocycles. The normalized spacial score (nSPS) is 9.54. The molecule has 0 fully saturated rings. The number of nitrogen functional groups attached to an aromatic ring is 1. The van der Waals surface area contributed by atoms with Crippen molar-refractivity contribution in [3.05, 3.63) is 23.4 Å². The lowest BCUT2D eigenvalue weighted by Gasteiger charge is -1.99. The van der Waals surface area contributed by atoms with Gasteiger partial charge >= 0.3 is 11.9 Å². The Balaban J connectivity index is 3.20. The first kappa shape index (κ1) is 8.98. The Labute approximate surface area is 72.6 Å². The van der Waals surface area contributed by atoms with Crippen LogP contribution in [0.2, 0.25) is 0 Å². The molecule has 13 heavy (non-hydrogen) atoms. The van der Waals surface area contributed by atoms with Crippen LogP contribution < -0.4 is 5.73 Å². The molecule has 4 N–H and O–H groups in total. The number of hydrogen-bond acceptors (Lipinski definition) is 4. The topological polar surface area (TPSA) is 114 Å². The monoisotopic (exact) mass is 182 g/mol. The molecule has 1 heterocycles. The van der Waals surface area contributed by atoms with Gasteiger partial charge in [-0.3, -0.25) is 0 Å². The van der Waals surface area contributed by atoms with E-state index in [9.17, 15) is 9.59 Å². The van der Waals surface area contributed by atoms with Crippen LogP contribution in [0.1, 0.15) is 20.8 Å². The Kier molecular flexibility index (Phi) is 2.14. The van der Waals surface area contributed by atoms with Crippen LogP contribution in [0.4, 0.5) is 5.82 Å². The van der Waals surface area contributed by atoms with Crippen molar-refractivity contribution in [1.82, 2.24) is 4.98 Å². The summed E-state index contributed by atoms with van der Waals surface area (Å²) in [5.74, 6) is -2.78. The molecule has 6 nitrogen and oxygen atoms in total. The smallest absolute Gasteiger partial charge is 0.354 e. The van der Waals surface area contributed by atoms with Crippen LogP contribution in [0.15, 0.2) is 12.1 Å². The first-order chi connectivity index (χ1) is 6.02. The zero-order valence-electron chi connectivity index (χ0n) is 6.39. The van der Waals surface area contributed by atoms with Crippen molar-refractivity contribution >= 4 is 17.8 Å². The summed E-state index contributed by atoms with van der Waals surface area (Å²) in [6.07, 6.45) is 0. The molecule has 0 aromatic carbocycles. The predicted molar refractivity (Wildman–Crippen MR) is 42.6 cm³/mol. The molecule has 68 valence electrons. The highest BCUT2D eigenvalue weighted by atomic mass is 16.4. The summed E-state index contributed by atoms with van der Waals surface area (Å²) in [6.45, 7) is 0. The van der Waals surface area contributed by atoms with Crippen LogP contribution in [-0.4, -0.2) is 27.1 Å². The fraction of sp³-hybridized carbons (Fsp3) is 0. The van der Waals surface area contributed by atoms with Gasteiger partial charge in [-0.2, -0.15) is 0 Å². The number of pyridine rings is 1. The maximum Gasteiger partial charge on any atom is 0.354 e. The minimum Gasteiger partial charge on any atom is -0.478 e. The van der Waals surface area contributed by atoms with Gasteiger partial charge in [-0.05, 0) is 12.1 Å². The highest BCUT2D eigenvalue weighted by Crippen LogP contribution is 2.09. The summed E-state index contributed by atoms with van der Waals surface area (Å²) in [4.78, 5) is 24.2. The first-order valence-electron chi connectivity index (χ1n) is 3.25. The number of nitrogens with two attached hydrogens (primary N) is 1. The molecule has 0 saturated heterocycles. The van der Waals surface area contributed by atoms with Crippen molar-refractivity contribution in [2.45, 2.75) is 0 Å². The summed E-state index contributed by atoms with van der Waals surface area (Å²) < 4.78 is 0. The largest absolute Gasteiger partial charge is 0.478 e. The fourth-order valence-electron chi connectivity index (χ4n) is 0.775. The second-order valence-corrected chi connectivity index (χ2v) is 2.24. The highest BCUT2D eigenvalue weighted by Gasteiger charge is 2.12. The lowest BCUT2D eigenvalue weighted by atomic mass is 10.2. The molecule has 6 heteroatoms. The summed E-state index contributed by atoms with van der Waals surface area (Å²) in [7, 11) is 0. The van der Waals surface area contributed by atoms with Crippen molar-refractivity contribution in [1.29, 1.82) is 0 Å². The Morgan fingerprint density at radius 1 is 1.23 bits per heavy atom. The standard InChI is InChI=1S/C7H6N2O4/c8-5-3(6(10)11)1-2-4(9-5)7(12)13/h1-2H,(H2,8,9)(H,10,11)(H,12,13). The lowest BCUT2D eigenvalue weighted by molar-refractivity contribution is 0.0677. The Bertz CT molecular complexity index is 375. The van der Waals surface area contributed by atoms with Gasteiger partial charge in [0.1, 0.15) is 11.4 Å². The summed E-state index contributed by atoms with van der Waals surface area (Å²) in [6, 6.07) is 2.19. The summed E-state index contributed by atoms with van der Waals surface area (Å²) in [5, 5.41) is 17.0. The second kappa shape index (κ2) is 3.10. The van der Waals surface area contributed by atoms with E-state index >= 15 is 0 Å². The van der Waals surface area contributed by atoms with Crippen molar-refractivity contribution in [3.63, 3.8) is 0 Å². The number of aromatic nitrogens is 1. The first-order valence-corrected chi connectivity index (χ1v) is 3.25. The number of aromatic carboxylic acids is 2. The molecular formula is C7H6N2O4. The Morgan fingerprint density at radius 2 is 1.85 bits per heavy atom. The average Bonchev–Trinajstić information content (AvgIpc) is 2.03. The van der Waals surface area contributed by atoms with E-state index in [-0.39, 0.29) is 17.1 Å². The number of carbonyl (C=O) groups is 2. The minimum absolute atomic E-state index is 0.204. The number of nitrogens with zero attached hydrogens (tertiary/aromatic N) is 1. The molecule has 0 amide bonds. The van der Waals surface area contributed by atoms with E-state index in [4.69, 9.17) is 15.9 Å². The quantitative estimate of drug-likeness (QED) is 0.595. The number of carboxylic acids is 2. The number of rotatable bonds is 2. The number of carboxylic acid groups (broad SMARTS) is 2. The van der Waals surface area contributed by atoms with Crippen molar-refractivity contribution in [2.24, 2.45) is 0 Å². The van der Waals surface area contributed by atoms with E-state index in [2.05, 4.69) is 4.98 Å². The fourth-order valence-corrected chi connectivity index (χ4v) is 0.775. The van der Waals surface area contributed by atoms with Crippen LogP contribution >= 0.6 is 0 Å². The molecule has 0 radical (unpaired) electrons.